The van der Waals surface area contributed by atoms with Gasteiger partial charge in [0.25, 0.3) is 5.56 Å². The first kappa shape index (κ1) is 24.6. The van der Waals surface area contributed by atoms with Gasteiger partial charge in [0.2, 0.25) is 0 Å². The van der Waals surface area contributed by atoms with Crippen molar-refractivity contribution >= 4 is 20.7 Å². The van der Waals surface area contributed by atoms with Crippen molar-refractivity contribution in [3.05, 3.63) is 110 Å². The maximum atomic E-state index is 13.3. The van der Waals surface area contributed by atoms with Crippen LogP contribution in [0.25, 0.3) is 10.9 Å². The van der Waals surface area contributed by atoms with Crippen molar-refractivity contribution in [2.45, 2.75) is 36.7 Å². The quantitative estimate of drug-likeness (QED) is 0.393. The Kier molecular flexibility index (Phi) is 7.02. The van der Waals surface area contributed by atoms with Crippen molar-refractivity contribution in [1.29, 1.82) is 0 Å². The van der Waals surface area contributed by atoms with Crippen molar-refractivity contribution in [1.82, 2.24) is 14.9 Å². The van der Waals surface area contributed by atoms with Crippen LogP contribution in [0.5, 0.6) is 0 Å². The fraction of sp³-hybridized carbons (Fsp3) is 0.231. The van der Waals surface area contributed by atoms with Crippen molar-refractivity contribution in [2.24, 2.45) is 0 Å². The summed E-state index contributed by atoms with van der Waals surface area (Å²) in [5, 5.41) is 10.4. The number of nitrogens with zero attached hydrogens (tertiary/aromatic N) is 1. The van der Waals surface area contributed by atoms with Gasteiger partial charge in [-0.1, -0.05) is 48.5 Å². The minimum Gasteiger partial charge on any atom is -0.400 e. The average Bonchev–Trinajstić information content (AvgIpc) is 3.33. The monoisotopic (exact) mass is 493 g/mol. The Morgan fingerprint density at radius 2 is 1.66 bits per heavy atom. The number of aliphatic hydroxyl groups is 1. The molecule has 35 heavy (non-hydrogen) atoms. The first-order valence-electron chi connectivity index (χ1n) is 11.2. The number of nitrogens with one attached hydrogen (secondary N) is 2. The molecule has 3 N–H and O–H groups in total. The summed E-state index contributed by atoms with van der Waals surface area (Å²) in [6.45, 7) is 3.28. The van der Waals surface area contributed by atoms with Gasteiger partial charge < -0.3 is 15.4 Å². The topological polar surface area (TPSA) is 121 Å². The lowest BCUT2D eigenvalue weighted by atomic mass is 10.1. The lowest BCUT2D eigenvalue weighted by Crippen LogP contribution is -2.37. The molecule has 3 aromatic carbocycles. The number of fused-ring (bicyclic) bond motifs is 2. The van der Waals surface area contributed by atoms with Gasteiger partial charge in [0.15, 0.2) is 9.84 Å². The number of sulfone groups is 1. The Morgan fingerprint density at radius 1 is 0.943 bits per heavy atom. The molecule has 0 bridgehead atoms. The molecule has 0 saturated carbocycles. The molecule has 0 spiro atoms. The molecule has 1 atom stereocenters. The number of aromatic amines is 1. The molecule has 1 aliphatic rings. The third-order valence-electron chi connectivity index (χ3n) is 6.19. The fourth-order valence-corrected chi connectivity index (χ4v) is 5.73. The summed E-state index contributed by atoms with van der Waals surface area (Å²) in [5.74, 6) is -0.163. The molecule has 0 fully saturated rings. The van der Waals surface area contributed by atoms with Crippen molar-refractivity contribution in [3.63, 3.8) is 0 Å². The Bertz CT molecular complexity index is 1590. The predicted molar refractivity (Wildman–Crippen MR) is 135 cm³/mol. The van der Waals surface area contributed by atoms with Gasteiger partial charge in [-0.2, -0.15) is 0 Å². The number of aromatic nitrogens is 2. The third kappa shape index (κ3) is 4.84. The molecule has 1 aliphatic heterocycles. The van der Waals surface area contributed by atoms with Gasteiger partial charge in [-0.3, -0.25) is 9.36 Å². The van der Waals surface area contributed by atoms with Crippen LogP contribution < -0.4 is 16.6 Å². The molecule has 0 saturated heterocycles. The van der Waals surface area contributed by atoms with Gasteiger partial charge >= 0.3 is 5.69 Å². The Balaban J connectivity index is 0.00000141. The molecule has 0 radical (unpaired) electrons. The summed E-state index contributed by atoms with van der Waals surface area (Å²) in [7, 11) is -2.69. The standard InChI is InChI=1S/C25H23N3O4S.CH4O/c1-16(18-5-3-2-4-6-18)28-24(29)22-12-21(9-10-23(22)27-25(28)30)33(31,32)15-17-7-8-19-13-26-14-20(19)11-17;1-2/h2-12,16,26H,13-15H2,1H3,(H,27,30);2H,1H3. The van der Waals surface area contributed by atoms with Crippen LogP contribution in [0.1, 0.15) is 35.2 Å². The van der Waals surface area contributed by atoms with Crippen LogP contribution in [-0.2, 0) is 28.7 Å². The number of hydrogen-bond donors (Lipinski definition) is 3. The van der Waals surface area contributed by atoms with E-state index < -0.39 is 27.1 Å². The van der Waals surface area contributed by atoms with Crippen molar-refractivity contribution < 1.29 is 13.5 Å². The van der Waals surface area contributed by atoms with Crippen LogP contribution in [0.4, 0.5) is 0 Å². The second-order valence-electron chi connectivity index (χ2n) is 8.37. The minimum atomic E-state index is -3.69. The average molecular weight is 494 g/mol. The molecular weight excluding hydrogens is 466 g/mol. The smallest absolute Gasteiger partial charge is 0.329 e. The largest absolute Gasteiger partial charge is 0.400 e. The second-order valence-corrected chi connectivity index (χ2v) is 10.4. The fourth-order valence-electron chi connectivity index (χ4n) is 4.37. The van der Waals surface area contributed by atoms with E-state index in [0.29, 0.717) is 11.1 Å². The highest BCUT2D eigenvalue weighted by Crippen LogP contribution is 2.23. The normalized spacial score (nSPS) is 13.7. The molecule has 0 aliphatic carbocycles. The molecule has 8 nitrogen and oxygen atoms in total. The van der Waals surface area contributed by atoms with E-state index in [2.05, 4.69) is 10.3 Å². The zero-order valence-electron chi connectivity index (χ0n) is 19.5. The Morgan fingerprint density at radius 3 is 2.40 bits per heavy atom. The summed E-state index contributed by atoms with van der Waals surface area (Å²) in [6, 6.07) is 18.7. The van der Waals surface area contributed by atoms with Crippen molar-refractivity contribution in [3.8, 4) is 0 Å². The molecule has 1 aromatic heterocycles. The molecule has 182 valence electrons. The number of H-pyrrole nitrogens is 1. The molecular formula is C26H27N3O5S. The van der Waals surface area contributed by atoms with Crippen LogP contribution in [0.3, 0.4) is 0 Å². The van der Waals surface area contributed by atoms with E-state index in [0.717, 1.165) is 35.9 Å². The SMILES string of the molecule is CC(c1ccccc1)n1c(=O)[nH]c2ccc(S(=O)(=O)Cc3ccc4c(c3)CNC4)cc2c1=O.CO. The van der Waals surface area contributed by atoms with Gasteiger partial charge in [-0.15, -0.1) is 0 Å². The lowest BCUT2D eigenvalue weighted by molar-refractivity contribution is 0.399. The Hall–Kier alpha value is -3.53. The van der Waals surface area contributed by atoms with Gasteiger partial charge in [0, 0.05) is 20.2 Å². The second kappa shape index (κ2) is 9.99. The highest BCUT2D eigenvalue weighted by Gasteiger charge is 2.21. The summed E-state index contributed by atoms with van der Waals surface area (Å²) in [6.07, 6.45) is 0. The highest BCUT2D eigenvalue weighted by molar-refractivity contribution is 7.90. The lowest BCUT2D eigenvalue weighted by Gasteiger charge is -2.15. The van der Waals surface area contributed by atoms with E-state index in [4.69, 9.17) is 5.11 Å². The van der Waals surface area contributed by atoms with Crippen LogP contribution in [0, 0.1) is 0 Å². The van der Waals surface area contributed by atoms with Crippen LogP contribution in [-0.4, -0.2) is 30.2 Å². The number of benzene rings is 3. The summed E-state index contributed by atoms with van der Waals surface area (Å²) in [5.41, 5.74) is 3.05. The summed E-state index contributed by atoms with van der Waals surface area (Å²) >= 11 is 0. The third-order valence-corrected chi connectivity index (χ3v) is 7.87. The number of rotatable bonds is 5. The highest BCUT2D eigenvalue weighted by atomic mass is 32.2. The van der Waals surface area contributed by atoms with Gasteiger partial charge in [-0.05, 0) is 47.4 Å². The molecule has 9 heteroatoms. The first-order chi connectivity index (χ1) is 16.8. The first-order valence-corrected chi connectivity index (χ1v) is 12.8. The van der Waals surface area contributed by atoms with E-state index in [1.165, 1.54) is 23.8 Å². The number of hydrogen-bond acceptors (Lipinski definition) is 6. The molecule has 1 unspecified atom stereocenters. The maximum Gasteiger partial charge on any atom is 0.329 e. The summed E-state index contributed by atoms with van der Waals surface area (Å²) in [4.78, 5) is 28.7. The molecule has 5 rings (SSSR count). The van der Waals surface area contributed by atoms with E-state index in [1.54, 1.807) is 6.92 Å². The molecule has 0 amide bonds. The van der Waals surface area contributed by atoms with E-state index >= 15 is 0 Å². The van der Waals surface area contributed by atoms with Crippen LogP contribution >= 0.6 is 0 Å². The molecule has 4 aromatic rings. The van der Waals surface area contributed by atoms with Gasteiger partial charge in [-0.25, -0.2) is 13.2 Å². The van der Waals surface area contributed by atoms with E-state index in [-0.39, 0.29) is 16.0 Å². The van der Waals surface area contributed by atoms with Crippen LogP contribution in [0.15, 0.2) is 81.2 Å². The van der Waals surface area contributed by atoms with E-state index in [1.807, 2.05) is 48.5 Å². The zero-order valence-corrected chi connectivity index (χ0v) is 20.3. The molecule has 2 heterocycles. The minimum absolute atomic E-state index is 0.0525. The summed E-state index contributed by atoms with van der Waals surface area (Å²) < 4.78 is 27.5. The number of aliphatic hydroxyl groups excluding tert-OH is 1. The van der Waals surface area contributed by atoms with Gasteiger partial charge in [0.1, 0.15) is 0 Å². The van der Waals surface area contributed by atoms with Crippen molar-refractivity contribution in [2.75, 3.05) is 7.11 Å². The Labute approximate surface area is 202 Å². The maximum absolute atomic E-state index is 13.3. The van der Waals surface area contributed by atoms with E-state index in [9.17, 15) is 18.0 Å². The van der Waals surface area contributed by atoms with Gasteiger partial charge in [0.05, 0.1) is 27.6 Å². The zero-order chi connectivity index (χ0) is 25.2. The predicted octanol–water partition coefficient (Wildman–Crippen LogP) is 2.48. The van der Waals surface area contributed by atoms with Crippen LogP contribution in [0.2, 0.25) is 0 Å².